The lowest BCUT2D eigenvalue weighted by atomic mass is 9.81. The Kier molecular flexibility index (Phi) is 5.44. The highest BCUT2D eigenvalue weighted by Crippen LogP contribution is 2.33. The normalized spacial score (nSPS) is 25.3. The Bertz CT molecular complexity index is 434. The smallest absolute Gasteiger partial charge is 0.0546 e. The third kappa shape index (κ3) is 3.53. The van der Waals surface area contributed by atoms with E-state index in [1.807, 2.05) is 18.2 Å². The maximum Gasteiger partial charge on any atom is 0.0546 e. The van der Waals surface area contributed by atoms with Gasteiger partial charge in [0, 0.05) is 17.6 Å². The van der Waals surface area contributed by atoms with E-state index < -0.39 is 0 Å². The van der Waals surface area contributed by atoms with Gasteiger partial charge < -0.3 is 10.8 Å². The van der Waals surface area contributed by atoms with Crippen LogP contribution in [-0.2, 0) is 0 Å². The third-order valence-electron chi connectivity index (χ3n) is 4.33. The molecule has 4 heteroatoms. The van der Waals surface area contributed by atoms with Gasteiger partial charge in [-0.15, -0.1) is 0 Å². The van der Waals surface area contributed by atoms with Crippen LogP contribution >= 0.6 is 11.6 Å². The highest BCUT2D eigenvalue weighted by Gasteiger charge is 2.32. The van der Waals surface area contributed by atoms with E-state index in [0.717, 1.165) is 36.4 Å². The summed E-state index contributed by atoms with van der Waals surface area (Å²) in [7, 11) is 2.11. The van der Waals surface area contributed by atoms with Gasteiger partial charge >= 0.3 is 0 Å². The van der Waals surface area contributed by atoms with Crippen molar-refractivity contribution in [3.63, 3.8) is 0 Å². The Balaban J connectivity index is 2.13. The first-order valence-corrected chi connectivity index (χ1v) is 7.79. The summed E-state index contributed by atoms with van der Waals surface area (Å²) in [5.41, 5.74) is 7.43. The number of likely N-dealkylation sites (N-methyl/N-ethyl adjacent to an activating group) is 1. The molecule has 3 nitrogen and oxygen atoms in total. The number of aliphatic hydroxyl groups excluding tert-OH is 1. The van der Waals surface area contributed by atoms with Gasteiger partial charge in [0.05, 0.1) is 12.1 Å². The van der Waals surface area contributed by atoms with Crippen molar-refractivity contribution >= 4 is 11.6 Å². The van der Waals surface area contributed by atoms with Crippen molar-refractivity contribution in [3.8, 4) is 0 Å². The quantitative estimate of drug-likeness (QED) is 0.849. The number of nitrogens with zero attached hydrogens (tertiary/aromatic N) is 1. The first-order chi connectivity index (χ1) is 9.52. The number of nitrogens with two attached hydrogens (primary N) is 1. The van der Waals surface area contributed by atoms with Gasteiger partial charge in [0.2, 0.25) is 0 Å². The van der Waals surface area contributed by atoms with E-state index >= 15 is 0 Å². The molecule has 2 atom stereocenters. The minimum atomic E-state index is -0.105. The fourth-order valence-electron chi connectivity index (χ4n) is 3.10. The van der Waals surface area contributed by atoms with Gasteiger partial charge in [-0.1, -0.05) is 36.7 Å². The number of halogens is 1. The highest BCUT2D eigenvalue weighted by molar-refractivity contribution is 6.31. The molecule has 0 bridgehead atoms. The standard InChI is InChI=1S/C16H25ClN2O/c1-3-15(18)16(13-6-4-5-7-14(13)17)19(2)10-11-8-12(20)9-11/h4-7,11-12,15-16,20H,3,8-10,18H2,1-2H3. The molecule has 1 aliphatic rings. The summed E-state index contributed by atoms with van der Waals surface area (Å²) in [6.07, 6.45) is 2.61. The molecule has 1 fully saturated rings. The molecule has 0 heterocycles. The number of hydrogen-bond donors (Lipinski definition) is 2. The molecule has 1 aliphatic carbocycles. The summed E-state index contributed by atoms with van der Waals surface area (Å²) in [5.74, 6) is 0.573. The van der Waals surface area contributed by atoms with Crippen LogP contribution in [0.2, 0.25) is 5.02 Å². The van der Waals surface area contributed by atoms with Crippen LogP contribution in [-0.4, -0.2) is 35.7 Å². The van der Waals surface area contributed by atoms with Crippen LogP contribution < -0.4 is 5.73 Å². The molecule has 0 radical (unpaired) electrons. The van der Waals surface area contributed by atoms with Crippen molar-refractivity contribution in [1.82, 2.24) is 4.90 Å². The number of rotatable bonds is 6. The fourth-order valence-corrected chi connectivity index (χ4v) is 3.35. The van der Waals surface area contributed by atoms with E-state index in [9.17, 15) is 5.11 Å². The molecule has 2 unspecified atom stereocenters. The minimum absolute atomic E-state index is 0.0601. The maximum absolute atomic E-state index is 9.42. The van der Waals surface area contributed by atoms with Crippen LogP contribution in [0.15, 0.2) is 24.3 Å². The summed E-state index contributed by atoms with van der Waals surface area (Å²) >= 11 is 6.35. The molecule has 3 N–H and O–H groups in total. The number of hydrogen-bond acceptors (Lipinski definition) is 3. The minimum Gasteiger partial charge on any atom is -0.393 e. The zero-order valence-electron chi connectivity index (χ0n) is 12.3. The number of aliphatic hydroxyl groups is 1. The maximum atomic E-state index is 9.42. The molecular formula is C16H25ClN2O. The van der Waals surface area contributed by atoms with Gasteiger partial charge in [0.15, 0.2) is 0 Å². The Labute approximate surface area is 126 Å². The van der Waals surface area contributed by atoms with E-state index in [2.05, 4.69) is 24.9 Å². The Morgan fingerprint density at radius 1 is 1.40 bits per heavy atom. The SMILES string of the molecule is CCC(N)C(c1ccccc1Cl)N(C)CC1CC(O)C1. The summed E-state index contributed by atoms with van der Waals surface area (Å²) in [4.78, 5) is 2.30. The largest absolute Gasteiger partial charge is 0.393 e. The topological polar surface area (TPSA) is 49.5 Å². The molecule has 0 saturated heterocycles. The summed E-state index contributed by atoms with van der Waals surface area (Å²) in [6, 6.07) is 8.14. The fraction of sp³-hybridized carbons (Fsp3) is 0.625. The predicted octanol–water partition coefficient (Wildman–Crippen LogP) is 2.82. The van der Waals surface area contributed by atoms with Crippen LogP contribution in [0.1, 0.15) is 37.8 Å². The molecule has 0 aliphatic heterocycles. The van der Waals surface area contributed by atoms with Gasteiger partial charge in [-0.2, -0.15) is 0 Å². The third-order valence-corrected chi connectivity index (χ3v) is 4.68. The molecule has 0 spiro atoms. The van der Waals surface area contributed by atoms with Crippen molar-refractivity contribution in [1.29, 1.82) is 0 Å². The molecule has 1 saturated carbocycles. The first kappa shape index (κ1) is 15.8. The van der Waals surface area contributed by atoms with E-state index in [0.29, 0.717) is 5.92 Å². The zero-order valence-corrected chi connectivity index (χ0v) is 13.1. The van der Waals surface area contributed by atoms with Crippen LogP contribution in [0.25, 0.3) is 0 Å². The lowest BCUT2D eigenvalue weighted by molar-refractivity contribution is 0.0197. The zero-order chi connectivity index (χ0) is 14.7. The van der Waals surface area contributed by atoms with Crippen LogP contribution in [0.4, 0.5) is 0 Å². The predicted molar refractivity (Wildman–Crippen MR) is 83.8 cm³/mol. The van der Waals surface area contributed by atoms with Crippen LogP contribution in [0, 0.1) is 5.92 Å². The van der Waals surface area contributed by atoms with Crippen molar-refractivity contribution in [2.45, 2.75) is 44.4 Å². The van der Waals surface area contributed by atoms with E-state index in [-0.39, 0.29) is 18.2 Å². The van der Waals surface area contributed by atoms with Crippen LogP contribution in [0.3, 0.4) is 0 Å². The monoisotopic (exact) mass is 296 g/mol. The van der Waals surface area contributed by atoms with Crippen LogP contribution in [0.5, 0.6) is 0 Å². The number of benzene rings is 1. The lowest BCUT2D eigenvalue weighted by Gasteiger charge is -2.39. The molecule has 1 aromatic rings. The van der Waals surface area contributed by atoms with Gasteiger partial charge in [0.25, 0.3) is 0 Å². The van der Waals surface area contributed by atoms with E-state index in [1.54, 1.807) is 0 Å². The van der Waals surface area contributed by atoms with Gasteiger partial charge in [-0.05, 0) is 43.9 Å². The molecule has 0 aromatic heterocycles. The van der Waals surface area contributed by atoms with Crippen molar-refractivity contribution in [2.24, 2.45) is 11.7 Å². The Morgan fingerprint density at radius 2 is 2.05 bits per heavy atom. The van der Waals surface area contributed by atoms with Gasteiger partial charge in [-0.25, -0.2) is 0 Å². The van der Waals surface area contributed by atoms with E-state index in [4.69, 9.17) is 17.3 Å². The van der Waals surface area contributed by atoms with E-state index in [1.165, 1.54) is 0 Å². The second-order valence-corrected chi connectivity index (χ2v) is 6.38. The molecule has 1 aromatic carbocycles. The van der Waals surface area contributed by atoms with Crippen molar-refractivity contribution in [2.75, 3.05) is 13.6 Å². The Hall–Kier alpha value is -0.610. The first-order valence-electron chi connectivity index (χ1n) is 7.41. The summed E-state index contributed by atoms with van der Waals surface area (Å²) in [5, 5.41) is 10.2. The van der Waals surface area contributed by atoms with Gasteiger partial charge in [-0.3, -0.25) is 4.90 Å². The Morgan fingerprint density at radius 3 is 2.60 bits per heavy atom. The van der Waals surface area contributed by atoms with Crippen molar-refractivity contribution < 1.29 is 5.11 Å². The molecule has 2 rings (SSSR count). The average Bonchev–Trinajstić information content (AvgIpc) is 2.39. The second kappa shape index (κ2) is 6.90. The lowest BCUT2D eigenvalue weighted by Crippen LogP contribution is -2.44. The highest BCUT2D eigenvalue weighted by atomic mass is 35.5. The van der Waals surface area contributed by atoms with Crippen molar-refractivity contribution in [3.05, 3.63) is 34.9 Å². The average molecular weight is 297 g/mol. The molecule has 20 heavy (non-hydrogen) atoms. The molecule has 0 amide bonds. The molecular weight excluding hydrogens is 272 g/mol. The summed E-state index contributed by atoms with van der Waals surface area (Å²) < 4.78 is 0. The van der Waals surface area contributed by atoms with Gasteiger partial charge in [0.1, 0.15) is 0 Å². The second-order valence-electron chi connectivity index (χ2n) is 5.97. The summed E-state index contributed by atoms with van der Waals surface area (Å²) in [6.45, 7) is 3.07. The molecule has 112 valence electrons.